The van der Waals surface area contributed by atoms with E-state index in [4.69, 9.17) is 21.1 Å². The summed E-state index contributed by atoms with van der Waals surface area (Å²) in [7, 11) is 2.81. The van der Waals surface area contributed by atoms with Crippen LogP contribution in [0.2, 0.25) is 5.15 Å². The summed E-state index contributed by atoms with van der Waals surface area (Å²) in [5.74, 6) is 2.76. The number of hydrogen-bond donors (Lipinski definition) is 5. The largest absolute Gasteiger partial charge is 0.494 e. The van der Waals surface area contributed by atoms with Crippen molar-refractivity contribution in [2.24, 2.45) is 0 Å². The van der Waals surface area contributed by atoms with Crippen LogP contribution in [0.15, 0.2) is 53.3 Å². The van der Waals surface area contributed by atoms with E-state index in [1.54, 1.807) is 18.2 Å². The fraction of sp³-hybridized carbons (Fsp3) is 0.250. The van der Waals surface area contributed by atoms with Crippen molar-refractivity contribution in [1.82, 2.24) is 30.4 Å². The van der Waals surface area contributed by atoms with Crippen molar-refractivity contribution >= 4 is 56.4 Å². The molecule has 2 saturated carbocycles. The first kappa shape index (κ1) is 29.5. The summed E-state index contributed by atoms with van der Waals surface area (Å²) in [6.07, 6.45) is 4.76. The molecule has 4 heterocycles. The van der Waals surface area contributed by atoms with Gasteiger partial charge in [0.2, 0.25) is 0 Å². The molecule has 8 rings (SSSR count). The van der Waals surface area contributed by atoms with E-state index in [9.17, 15) is 13.6 Å². The van der Waals surface area contributed by atoms with Crippen LogP contribution >= 0.6 is 11.6 Å². The maximum absolute atomic E-state index is 13.8. The number of benzene rings is 2. The monoisotopic (exact) mass is 646 g/mol. The number of fused-ring (bicyclic) bond motifs is 2. The van der Waals surface area contributed by atoms with Crippen molar-refractivity contribution in [3.63, 3.8) is 0 Å². The number of H-pyrrole nitrogens is 3. The summed E-state index contributed by atoms with van der Waals surface area (Å²) >= 11 is 6.17. The summed E-state index contributed by atoms with van der Waals surface area (Å²) in [5, 5.41) is 23.0. The van der Waals surface area contributed by atoms with Crippen LogP contribution in [0.4, 0.5) is 32.1 Å². The molecule has 11 nitrogen and oxygen atoms in total. The highest BCUT2D eigenvalue weighted by molar-refractivity contribution is 6.34. The van der Waals surface area contributed by atoms with E-state index in [0.717, 1.165) is 16.8 Å². The molecule has 0 unspecified atom stereocenters. The minimum Gasteiger partial charge on any atom is -0.494 e. The smallest absolute Gasteiger partial charge is 0.257 e. The van der Waals surface area contributed by atoms with Crippen LogP contribution < -0.4 is 25.7 Å². The standard InChI is InChI=1S/C16H14ClFN4O.C16H15FN4O2/c1-23-13-4-9-5-14(20-16(17)10(9)6-11(13)18)19-15-7-12(21-22-15)8-2-3-8;1-23-13-4-9-5-14(19-16(22)10(9)6-11(13)17)18-15-7-12(20-21-15)8-2-3-8/h4-8H,2-3H2,1H3,(H2,19,20,21,22);4-8H,2-3H2,1H3,(H3,18,19,20,21,22). The zero-order valence-electron chi connectivity index (χ0n) is 24.8. The average Bonchev–Trinajstić information content (AvgIpc) is 3.98. The Labute approximate surface area is 265 Å². The van der Waals surface area contributed by atoms with Crippen LogP contribution in [0.1, 0.15) is 48.9 Å². The van der Waals surface area contributed by atoms with E-state index < -0.39 is 11.6 Å². The van der Waals surface area contributed by atoms with Gasteiger partial charge in [-0.05, 0) is 72.9 Å². The van der Waals surface area contributed by atoms with Crippen molar-refractivity contribution in [1.29, 1.82) is 0 Å². The van der Waals surface area contributed by atoms with Gasteiger partial charge in [-0.2, -0.15) is 10.2 Å². The SMILES string of the molecule is COc1cc2cc(Nc3cc(C4CC4)[nH]n3)[nH]c(=O)c2cc1F.COc1cc2cc(Nc3cc(C4CC4)[nH]n3)nc(Cl)c2cc1F. The molecule has 5 N–H and O–H groups in total. The lowest BCUT2D eigenvalue weighted by Gasteiger charge is -2.08. The molecule has 0 atom stereocenters. The molecular weight excluding hydrogens is 618 g/mol. The summed E-state index contributed by atoms with van der Waals surface area (Å²) < 4.78 is 37.5. The van der Waals surface area contributed by atoms with E-state index in [-0.39, 0.29) is 27.6 Å². The van der Waals surface area contributed by atoms with E-state index in [0.29, 0.717) is 45.9 Å². The van der Waals surface area contributed by atoms with Gasteiger partial charge in [-0.15, -0.1) is 0 Å². The lowest BCUT2D eigenvalue weighted by atomic mass is 10.1. The maximum Gasteiger partial charge on any atom is 0.257 e. The first-order chi connectivity index (χ1) is 22.3. The average molecular weight is 647 g/mol. The minimum atomic E-state index is -0.562. The van der Waals surface area contributed by atoms with Gasteiger partial charge in [-0.25, -0.2) is 13.8 Å². The number of ether oxygens (including phenoxy) is 2. The number of halogens is 3. The number of aromatic amines is 3. The van der Waals surface area contributed by atoms with Crippen LogP contribution in [-0.2, 0) is 0 Å². The molecule has 2 aliphatic rings. The third kappa shape index (κ3) is 6.18. The highest BCUT2D eigenvalue weighted by atomic mass is 35.5. The Morgan fingerprint density at radius 1 is 0.739 bits per heavy atom. The van der Waals surface area contributed by atoms with E-state index in [1.807, 2.05) is 12.1 Å². The van der Waals surface area contributed by atoms with Gasteiger partial charge in [-0.3, -0.25) is 15.0 Å². The predicted molar refractivity (Wildman–Crippen MR) is 172 cm³/mol. The molecule has 6 aromatic rings. The van der Waals surface area contributed by atoms with E-state index in [2.05, 4.69) is 41.0 Å². The molecule has 14 heteroatoms. The molecular formula is C32H29ClF2N8O3. The molecule has 0 amide bonds. The predicted octanol–water partition coefficient (Wildman–Crippen LogP) is 7.40. The zero-order valence-corrected chi connectivity index (χ0v) is 25.6. The third-order valence-corrected chi connectivity index (χ3v) is 8.21. The number of hydrogen-bond acceptors (Lipinski definition) is 8. The molecule has 0 saturated heterocycles. The number of nitrogens with zero attached hydrogens (tertiary/aromatic N) is 3. The Bertz CT molecular complexity index is 2140. The second kappa shape index (κ2) is 12.0. The fourth-order valence-corrected chi connectivity index (χ4v) is 5.46. The number of aromatic nitrogens is 6. The highest BCUT2D eigenvalue weighted by Gasteiger charge is 2.26. The third-order valence-electron chi connectivity index (χ3n) is 7.92. The van der Waals surface area contributed by atoms with Gasteiger partial charge in [-0.1, -0.05) is 11.6 Å². The van der Waals surface area contributed by atoms with Crippen LogP contribution in [0.3, 0.4) is 0 Å². The quantitative estimate of drug-likeness (QED) is 0.108. The maximum atomic E-state index is 13.8. The Morgan fingerprint density at radius 3 is 1.85 bits per heavy atom. The van der Waals surface area contributed by atoms with Gasteiger partial charge in [0.15, 0.2) is 34.8 Å². The molecule has 2 aliphatic carbocycles. The summed E-state index contributed by atoms with van der Waals surface area (Å²) in [6.45, 7) is 0. The topological polar surface area (TPSA) is 146 Å². The second-order valence-corrected chi connectivity index (χ2v) is 11.7. The van der Waals surface area contributed by atoms with Crippen molar-refractivity contribution in [2.75, 3.05) is 24.9 Å². The number of pyridine rings is 2. The number of methoxy groups -OCH3 is 2. The van der Waals surface area contributed by atoms with Crippen molar-refractivity contribution in [3.05, 3.63) is 87.1 Å². The molecule has 0 spiro atoms. The first-order valence-corrected chi connectivity index (χ1v) is 15.0. The Hall–Kier alpha value is -5.17. The lowest BCUT2D eigenvalue weighted by molar-refractivity contribution is 0.387. The Kier molecular flexibility index (Phi) is 7.69. The minimum absolute atomic E-state index is 0.102. The molecule has 0 radical (unpaired) electrons. The van der Waals surface area contributed by atoms with E-state index in [1.165, 1.54) is 58.1 Å². The Balaban J connectivity index is 0.000000147. The molecule has 0 aliphatic heterocycles. The van der Waals surface area contributed by atoms with Gasteiger partial charge >= 0.3 is 0 Å². The van der Waals surface area contributed by atoms with Gasteiger partial charge in [0.25, 0.3) is 5.56 Å². The van der Waals surface area contributed by atoms with Crippen molar-refractivity contribution < 1.29 is 18.3 Å². The molecule has 4 aromatic heterocycles. The number of nitrogens with one attached hydrogen (secondary N) is 5. The van der Waals surface area contributed by atoms with Crippen LogP contribution in [0.5, 0.6) is 11.5 Å². The summed E-state index contributed by atoms with van der Waals surface area (Å²) in [5.41, 5.74) is 1.85. The van der Waals surface area contributed by atoms with Crippen LogP contribution in [0.25, 0.3) is 21.5 Å². The van der Waals surface area contributed by atoms with Gasteiger partial charge in [0, 0.05) is 40.7 Å². The van der Waals surface area contributed by atoms with Crippen LogP contribution in [-0.4, -0.2) is 44.6 Å². The van der Waals surface area contributed by atoms with E-state index >= 15 is 0 Å². The zero-order chi connectivity index (χ0) is 31.9. The molecule has 2 aromatic carbocycles. The lowest BCUT2D eigenvalue weighted by Crippen LogP contribution is -2.09. The Morgan fingerprint density at radius 2 is 1.28 bits per heavy atom. The molecule has 0 bridgehead atoms. The highest BCUT2D eigenvalue weighted by Crippen LogP contribution is 2.40. The number of anilines is 4. The second-order valence-electron chi connectivity index (χ2n) is 11.3. The molecule has 46 heavy (non-hydrogen) atoms. The van der Waals surface area contributed by atoms with Gasteiger partial charge in [0.05, 0.1) is 19.6 Å². The van der Waals surface area contributed by atoms with Crippen molar-refractivity contribution in [3.8, 4) is 11.5 Å². The normalized spacial score (nSPS) is 14.2. The van der Waals surface area contributed by atoms with Gasteiger partial charge in [0.1, 0.15) is 16.8 Å². The fourth-order valence-electron chi connectivity index (χ4n) is 5.20. The first-order valence-electron chi connectivity index (χ1n) is 14.7. The summed E-state index contributed by atoms with van der Waals surface area (Å²) in [4.78, 5) is 19.1. The summed E-state index contributed by atoms with van der Waals surface area (Å²) in [6, 6.07) is 13.0. The van der Waals surface area contributed by atoms with Crippen molar-refractivity contribution in [2.45, 2.75) is 37.5 Å². The number of rotatable bonds is 8. The van der Waals surface area contributed by atoms with Gasteiger partial charge < -0.3 is 25.1 Å². The molecule has 236 valence electrons. The molecule has 2 fully saturated rings. The van der Waals surface area contributed by atoms with Crippen LogP contribution in [0, 0.1) is 11.6 Å².